The van der Waals surface area contributed by atoms with Gasteiger partial charge < -0.3 is 5.32 Å². The normalized spacial score (nSPS) is 15.2. The zero-order valence-corrected chi connectivity index (χ0v) is 17.0. The molecule has 1 fully saturated rings. The maximum atomic E-state index is 13.2. The molecule has 0 bridgehead atoms. The number of hydrogen-bond donors (Lipinski definition) is 1. The van der Waals surface area contributed by atoms with Gasteiger partial charge in [0.25, 0.3) is 11.5 Å². The van der Waals surface area contributed by atoms with Crippen LogP contribution in [0.1, 0.15) is 54.4 Å². The fourth-order valence-electron chi connectivity index (χ4n) is 3.98. The van der Waals surface area contributed by atoms with Crippen molar-refractivity contribution >= 4 is 28.5 Å². The summed E-state index contributed by atoms with van der Waals surface area (Å²) < 4.78 is 1.57. The molecule has 5 nitrogen and oxygen atoms in total. The SMILES string of the molecule is O=C(NC1CCCCCC1)c1cc2cccnc2n(Cc2ccc(Cl)cc2)c1=O. The third-order valence-corrected chi connectivity index (χ3v) is 5.79. The Morgan fingerprint density at radius 2 is 1.83 bits per heavy atom. The van der Waals surface area contributed by atoms with E-state index >= 15 is 0 Å². The summed E-state index contributed by atoms with van der Waals surface area (Å²) in [6.07, 6.45) is 8.26. The zero-order chi connectivity index (χ0) is 20.2. The molecular formula is C23H24ClN3O2. The summed E-state index contributed by atoms with van der Waals surface area (Å²) >= 11 is 5.98. The predicted molar refractivity (Wildman–Crippen MR) is 116 cm³/mol. The zero-order valence-electron chi connectivity index (χ0n) is 16.2. The topological polar surface area (TPSA) is 64.0 Å². The van der Waals surface area contributed by atoms with Crippen LogP contribution in [0.5, 0.6) is 0 Å². The van der Waals surface area contributed by atoms with Gasteiger partial charge in [0.2, 0.25) is 0 Å². The fourth-order valence-corrected chi connectivity index (χ4v) is 4.10. The van der Waals surface area contributed by atoms with Crippen LogP contribution in [0, 0.1) is 0 Å². The van der Waals surface area contributed by atoms with Crippen LogP contribution in [0.3, 0.4) is 0 Å². The molecular weight excluding hydrogens is 386 g/mol. The molecule has 150 valence electrons. The van der Waals surface area contributed by atoms with Crippen LogP contribution in [-0.2, 0) is 6.54 Å². The Labute approximate surface area is 174 Å². The summed E-state index contributed by atoms with van der Waals surface area (Å²) in [4.78, 5) is 30.6. The Kier molecular flexibility index (Phi) is 5.95. The van der Waals surface area contributed by atoms with Crippen molar-refractivity contribution in [3.05, 3.63) is 75.2 Å². The molecule has 1 N–H and O–H groups in total. The molecule has 2 heterocycles. The highest BCUT2D eigenvalue weighted by molar-refractivity contribution is 6.30. The van der Waals surface area contributed by atoms with Crippen LogP contribution < -0.4 is 10.9 Å². The number of rotatable bonds is 4. The van der Waals surface area contributed by atoms with Crippen molar-refractivity contribution in [3.8, 4) is 0 Å². The number of carbonyl (C=O) groups excluding carboxylic acids is 1. The highest BCUT2D eigenvalue weighted by Crippen LogP contribution is 2.18. The second-order valence-electron chi connectivity index (χ2n) is 7.65. The van der Waals surface area contributed by atoms with Gasteiger partial charge in [0.15, 0.2) is 0 Å². The quantitative estimate of drug-likeness (QED) is 0.643. The van der Waals surface area contributed by atoms with E-state index in [0.717, 1.165) is 36.6 Å². The van der Waals surface area contributed by atoms with Crippen molar-refractivity contribution in [2.75, 3.05) is 0 Å². The number of halogens is 1. The number of amides is 1. The van der Waals surface area contributed by atoms with Crippen LogP contribution in [0.2, 0.25) is 5.02 Å². The summed E-state index contributed by atoms with van der Waals surface area (Å²) in [5.74, 6) is -0.294. The highest BCUT2D eigenvalue weighted by atomic mass is 35.5. The first kappa shape index (κ1) is 19.6. The van der Waals surface area contributed by atoms with Crippen molar-refractivity contribution in [2.24, 2.45) is 0 Å². The number of fused-ring (bicyclic) bond motifs is 1. The number of aromatic nitrogens is 2. The molecule has 6 heteroatoms. The van der Waals surface area contributed by atoms with E-state index < -0.39 is 0 Å². The molecule has 0 atom stereocenters. The van der Waals surface area contributed by atoms with E-state index in [4.69, 9.17) is 11.6 Å². The van der Waals surface area contributed by atoms with Gasteiger partial charge in [0.1, 0.15) is 11.2 Å². The second-order valence-corrected chi connectivity index (χ2v) is 8.09. The maximum Gasteiger partial charge on any atom is 0.265 e. The number of carbonyl (C=O) groups is 1. The van der Waals surface area contributed by atoms with Gasteiger partial charge in [-0.25, -0.2) is 4.98 Å². The van der Waals surface area contributed by atoms with Crippen LogP contribution in [0.15, 0.2) is 53.5 Å². The van der Waals surface area contributed by atoms with Gasteiger partial charge in [-0.1, -0.05) is 49.4 Å². The Morgan fingerprint density at radius 1 is 1.10 bits per heavy atom. The van der Waals surface area contributed by atoms with Gasteiger partial charge in [-0.2, -0.15) is 0 Å². The minimum atomic E-state index is -0.322. The molecule has 4 rings (SSSR count). The number of benzene rings is 1. The van der Waals surface area contributed by atoms with Gasteiger partial charge in [0.05, 0.1) is 6.54 Å². The first-order valence-corrected chi connectivity index (χ1v) is 10.5. The van der Waals surface area contributed by atoms with Gasteiger partial charge in [-0.3, -0.25) is 14.2 Å². The van der Waals surface area contributed by atoms with Crippen molar-refractivity contribution in [1.29, 1.82) is 0 Å². The number of nitrogens with zero attached hydrogens (tertiary/aromatic N) is 2. The molecule has 0 unspecified atom stereocenters. The minimum Gasteiger partial charge on any atom is -0.349 e. The van der Waals surface area contributed by atoms with E-state index in [1.165, 1.54) is 12.8 Å². The molecule has 3 aromatic rings. The number of hydrogen-bond acceptors (Lipinski definition) is 3. The Balaban J connectivity index is 1.70. The average Bonchev–Trinajstić information content (AvgIpc) is 3.00. The van der Waals surface area contributed by atoms with Gasteiger partial charge in [-0.15, -0.1) is 0 Å². The Hall–Kier alpha value is -2.66. The van der Waals surface area contributed by atoms with E-state index in [2.05, 4.69) is 10.3 Å². The third kappa shape index (κ3) is 4.51. The Bertz CT molecular complexity index is 1070. The lowest BCUT2D eigenvalue weighted by Gasteiger charge is -2.17. The molecule has 29 heavy (non-hydrogen) atoms. The molecule has 0 saturated heterocycles. The van der Waals surface area contributed by atoms with Crippen LogP contribution >= 0.6 is 11.6 Å². The largest absolute Gasteiger partial charge is 0.349 e. The lowest BCUT2D eigenvalue weighted by molar-refractivity contribution is 0.0931. The maximum absolute atomic E-state index is 13.2. The molecule has 1 saturated carbocycles. The summed E-state index contributed by atoms with van der Waals surface area (Å²) in [5.41, 5.74) is 1.34. The number of nitrogens with one attached hydrogen (secondary N) is 1. The number of pyridine rings is 2. The summed E-state index contributed by atoms with van der Waals surface area (Å²) in [7, 11) is 0. The third-order valence-electron chi connectivity index (χ3n) is 5.54. The van der Waals surface area contributed by atoms with E-state index in [1.807, 2.05) is 24.3 Å². The molecule has 1 amide bonds. The molecule has 0 spiro atoms. The van der Waals surface area contributed by atoms with E-state index in [9.17, 15) is 9.59 Å². The fraction of sp³-hybridized carbons (Fsp3) is 0.348. The molecule has 2 aromatic heterocycles. The molecule has 1 aliphatic carbocycles. The standard InChI is InChI=1S/C23H24ClN3O2/c24-18-11-9-16(10-12-18)15-27-21-17(6-5-13-25-21)14-20(23(27)29)22(28)26-19-7-3-1-2-4-8-19/h5-6,9-14,19H,1-4,7-8,15H2,(H,26,28). The predicted octanol–water partition coefficient (Wildman–Crippen LogP) is 4.55. The van der Waals surface area contributed by atoms with Crippen molar-refractivity contribution in [2.45, 2.75) is 51.1 Å². The van der Waals surface area contributed by atoms with E-state index in [-0.39, 0.29) is 23.1 Å². The molecule has 1 aromatic carbocycles. The smallest absolute Gasteiger partial charge is 0.265 e. The second kappa shape index (κ2) is 8.78. The lowest BCUT2D eigenvalue weighted by Crippen LogP contribution is -2.39. The monoisotopic (exact) mass is 409 g/mol. The van der Waals surface area contributed by atoms with Crippen LogP contribution in [0.4, 0.5) is 0 Å². The van der Waals surface area contributed by atoms with Crippen molar-refractivity contribution in [1.82, 2.24) is 14.9 Å². The van der Waals surface area contributed by atoms with Gasteiger partial charge in [0, 0.05) is 22.6 Å². The summed E-state index contributed by atoms with van der Waals surface area (Å²) in [6, 6.07) is 12.8. The van der Waals surface area contributed by atoms with Crippen molar-refractivity contribution in [3.63, 3.8) is 0 Å². The van der Waals surface area contributed by atoms with Crippen LogP contribution in [-0.4, -0.2) is 21.5 Å². The molecule has 0 aliphatic heterocycles. The first-order chi connectivity index (χ1) is 14.1. The summed E-state index contributed by atoms with van der Waals surface area (Å²) in [5, 5.41) is 4.50. The lowest BCUT2D eigenvalue weighted by atomic mass is 10.1. The minimum absolute atomic E-state index is 0.138. The highest BCUT2D eigenvalue weighted by Gasteiger charge is 2.20. The first-order valence-electron chi connectivity index (χ1n) is 10.2. The van der Waals surface area contributed by atoms with Crippen LogP contribution in [0.25, 0.3) is 11.0 Å². The van der Waals surface area contributed by atoms with E-state index in [0.29, 0.717) is 17.2 Å². The molecule has 0 radical (unpaired) electrons. The molecule has 1 aliphatic rings. The van der Waals surface area contributed by atoms with Crippen molar-refractivity contribution < 1.29 is 4.79 Å². The average molecular weight is 410 g/mol. The van der Waals surface area contributed by atoms with E-state index in [1.54, 1.807) is 29.0 Å². The Morgan fingerprint density at radius 3 is 2.55 bits per heavy atom. The summed E-state index contributed by atoms with van der Waals surface area (Å²) in [6.45, 7) is 0.327. The van der Waals surface area contributed by atoms with Gasteiger partial charge >= 0.3 is 0 Å². The van der Waals surface area contributed by atoms with Gasteiger partial charge in [-0.05, 0) is 48.7 Å².